The van der Waals surface area contributed by atoms with Crippen LogP contribution in [0.2, 0.25) is 0 Å². The van der Waals surface area contributed by atoms with Crippen molar-refractivity contribution in [1.29, 1.82) is 0 Å². The van der Waals surface area contributed by atoms with Crippen molar-refractivity contribution in [2.45, 2.75) is 25.3 Å². The normalized spacial score (nSPS) is 45.8. The maximum atomic E-state index is 5.48. The third-order valence-corrected chi connectivity index (χ3v) is 3.61. The average Bonchev–Trinajstić information content (AvgIpc) is 2.56. The first kappa shape index (κ1) is 7.56. The summed E-state index contributed by atoms with van der Waals surface area (Å²) in [6, 6.07) is 0. The van der Waals surface area contributed by atoms with E-state index in [1.165, 1.54) is 19.4 Å². The van der Waals surface area contributed by atoms with Gasteiger partial charge in [-0.1, -0.05) is 6.92 Å². The zero-order valence-corrected chi connectivity index (χ0v) is 7.47. The number of likely N-dealkylation sites (tertiary alicyclic amines) is 1. The molecule has 0 bridgehead atoms. The van der Waals surface area contributed by atoms with Gasteiger partial charge in [0.05, 0.1) is 6.61 Å². The molecule has 2 saturated heterocycles. The summed E-state index contributed by atoms with van der Waals surface area (Å²) in [5.41, 5.74) is 0.417. The Bertz CT molecular complexity index is 140. The maximum Gasteiger partial charge on any atom is 0.0653 e. The minimum absolute atomic E-state index is 0.417. The maximum absolute atomic E-state index is 5.48. The van der Waals surface area contributed by atoms with Crippen LogP contribution in [0.15, 0.2) is 0 Å². The molecule has 2 aliphatic rings. The Balaban J connectivity index is 2.19. The van der Waals surface area contributed by atoms with Crippen LogP contribution < -0.4 is 0 Å². The van der Waals surface area contributed by atoms with E-state index in [9.17, 15) is 0 Å². The zero-order chi connectivity index (χ0) is 7.90. The Morgan fingerprint density at radius 3 is 2.82 bits per heavy atom. The van der Waals surface area contributed by atoms with E-state index in [0.717, 1.165) is 19.1 Å². The molecule has 0 unspecified atom stereocenters. The van der Waals surface area contributed by atoms with Crippen molar-refractivity contribution in [3.05, 3.63) is 0 Å². The van der Waals surface area contributed by atoms with E-state index in [0.29, 0.717) is 5.54 Å². The Kier molecular flexibility index (Phi) is 1.69. The molecule has 0 N–H and O–H groups in total. The fourth-order valence-corrected chi connectivity index (χ4v) is 2.51. The lowest BCUT2D eigenvalue weighted by atomic mass is 9.86. The standard InChI is InChI=1S/C9H17NO/c1-8-3-5-10(2)9(8)4-6-11-7-9/h8H,3-7H2,1-2H3/t8-,9-/m0/s1. The van der Waals surface area contributed by atoms with Crippen LogP contribution in [0.4, 0.5) is 0 Å². The predicted octanol–water partition coefficient (Wildman–Crippen LogP) is 1.12. The number of hydrogen-bond acceptors (Lipinski definition) is 2. The fourth-order valence-electron chi connectivity index (χ4n) is 2.51. The fraction of sp³-hybridized carbons (Fsp3) is 1.00. The molecule has 2 fully saturated rings. The summed E-state index contributed by atoms with van der Waals surface area (Å²) in [5, 5.41) is 0. The van der Waals surface area contributed by atoms with Crippen LogP contribution in [0.1, 0.15) is 19.8 Å². The lowest BCUT2D eigenvalue weighted by molar-refractivity contribution is 0.0975. The summed E-state index contributed by atoms with van der Waals surface area (Å²) in [6.45, 7) is 5.54. The molecule has 2 atom stereocenters. The number of ether oxygens (including phenoxy) is 1. The highest BCUT2D eigenvalue weighted by molar-refractivity contribution is 5.01. The molecule has 2 nitrogen and oxygen atoms in total. The van der Waals surface area contributed by atoms with E-state index in [2.05, 4.69) is 18.9 Å². The van der Waals surface area contributed by atoms with Gasteiger partial charge in [-0.2, -0.15) is 0 Å². The molecule has 1 spiro atoms. The molecule has 2 aliphatic heterocycles. The summed E-state index contributed by atoms with van der Waals surface area (Å²) < 4.78 is 5.48. The largest absolute Gasteiger partial charge is 0.379 e. The van der Waals surface area contributed by atoms with Crippen molar-refractivity contribution in [2.24, 2.45) is 5.92 Å². The summed E-state index contributed by atoms with van der Waals surface area (Å²) in [6.07, 6.45) is 2.59. The summed E-state index contributed by atoms with van der Waals surface area (Å²) in [7, 11) is 2.23. The summed E-state index contributed by atoms with van der Waals surface area (Å²) >= 11 is 0. The van der Waals surface area contributed by atoms with Crippen LogP contribution in [-0.2, 0) is 4.74 Å². The molecule has 0 aromatic carbocycles. The molecule has 64 valence electrons. The van der Waals surface area contributed by atoms with Gasteiger partial charge < -0.3 is 4.74 Å². The molecular weight excluding hydrogens is 138 g/mol. The van der Waals surface area contributed by atoms with Gasteiger partial charge in [0.25, 0.3) is 0 Å². The lowest BCUT2D eigenvalue weighted by Gasteiger charge is -2.33. The van der Waals surface area contributed by atoms with E-state index in [-0.39, 0.29) is 0 Å². The first-order valence-corrected chi connectivity index (χ1v) is 4.55. The van der Waals surface area contributed by atoms with Crippen molar-refractivity contribution in [1.82, 2.24) is 4.90 Å². The number of likely N-dealkylation sites (N-methyl/N-ethyl adjacent to an activating group) is 1. The predicted molar refractivity (Wildman–Crippen MR) is 44.6 cm³/mol. The number of nitrogens with zero attached hydrogens (tertiary/aromatic N) is 1. The molecule has 0 aliphatic carbocycles. The minimum atomic E-state index is 0.417. The van der Waals surface area contributed by atoms with Crippen molar-refractivity contribution in [3.8, 4) is 0 Å². The Morgan fingerprint density at radius 1 is 1.55 bits per heavy atom. The summed E-state index contributed by atoms with van der Waals surface area (Å²) in [5.74, 6) is 0.829. The topological polar surface area (TPSA) is 12.5 Å². The van der Waals surface area contributed by atoms with Gasteiger partial charge in [0, 0.05) is 12.1 Å². The smallest absolute Gasteiger partial charge is 0.0653 e. The molecule has 11 heavy (non-hydrogen) atoms. The molecule has 0 aromatic heterocycles. The molecule has 2 heterocycles. The van der Waals surface area contributed by atoms with E-state index in [1.54, 1.807) is 0 Å². The third kappa shape index (κ3) is 0.926. The highest BCUT2D eigenvalue weighted by Gasteiger charge is 2.46. The number of rotatable bonds is 0. The molecule has 0 saturated carbocycles. The van der Waals surface area contributed by atoms with Crippen molar-refractivity contribution in [2.75, 3.05) is 26.8 Å². The van der Waals surface area contributed by atoms with E-state index >= 15 is 0 Å². The van der Waals surface area contributed by atoms with E-state index < -0.39 is 0 Å². The monoisotopic (exact) mass is 155 g/mol. The average molecular weight is 155 g/mol. The van der Waals surface area contributed by atoms with Gasteiger partial charge in [-0.25, -0.2) is 0 Å². The second kappa shape index (κ2) is 2.46. The first-order valence-electron chi connectivity index (χ1n) is 4.55. The molecule has 0 aromatic rings. The van der Waals surface area contributed by atoms with Crippen molar-refractivity contribution in [3.63, 3.8) is 0 Å². The van der Waals surface area contributed by atoms with Crippen molar-refractivity contribution >= 4 is 0 Å². The van der Waals surface area contributed by atoms with Gasteiger partial charge in [-0.15, -0.1) is 0 Å². The Hall–Kier alpha value is -0.0800. The lowest BCUT2D eigenvalue weighted by Crippen LogP contribution is -2.45. The highest BCUT2D eigenvalue weighted by atomic mass is 16.5. The van der Waals surface area contributed by atoms with Crippen LogP contribution in [0.5, 0.6) is 0 Å². The molecule has 0 amide bonds. The van der Waals surface area contributed by atoms with E-state index in [1.807, 2.05) is 0 Å². The van der Waals surface area contributed by atoms with Gasteiger partial charge in [0.2, 0.25) is 0 Å². The van der Waals surface area contributed by atoms with Crippen LogP contribution in [-0.4, -0.2) is 37.2 Å². The van der Waals surface area contributed by atoms with Crippen LogP contribution in [0.3, 0.4) is 0 Å². The molecule has 2 heteroatoms. The third-order valence-electron chi connectivity index (χ3n) is 3.61. The van der Waals surface area contributed by atoms with Crippen molar-refractivity contribution < 1.29 is 4.74 Å². The summed E-state index contributed by atoms with van der Waals surface area (Å²) in [4.78, 5) is 2.49. The highest BCUT2D eigenvalue weighted by Crippen LogP contribution is 2.39. The second-order valence-corrected chi connectivity index (χ2v) is 4.02. The molecular formula is C9H17NO. The van der Waals surface area contributed by atoms with E-state index in [4.69, 9.17) is 4.74 Å². The van der Waals surface area contributed by atoms with Gasteiger partial charge >= 0.3 is 0 Å². The van der Waals surface area contributed by atoms with Crippen LogP contribution >= 0.6 is 0 Å². The zero-order valence-electron chi connectivity index (χ0n) is 7.47. The van der Waals surface area contributed by atoms with Gasteiger partial charge in [0.15, 0.2) is 0 Å². The second-order valence-electron chi connectivity index (χ2n) is 4.02. The number of hydrogen-bond donors (Lipinski definition) is 0. The Labute approximate surface area is 68.5 Å². The van der Waals surface area contributed by atoms with Gasteiger partial charge in [-0.3, -0.25) is 4.90 Å². The Morgan fingerprint density at radius 2 is 2.36 bits per heavy atom. The quantitative estimate of drug-likeness (QED) is 0.519. The van der Waals surface area contributed by atoms with Gasteiger partial charge in [-0.05, 0) is 32.4 Å². The minimum Gasteiger partial charge on any atom is -0.379 e. The molecule has 2 rings (SSSR count). The SMILES string of the molecule is C[C@H]1CCN(C)[C@]12CCOC2. The van der Waals surface area contributed by atoms with Crippen LogP contribution in [0, 0.1) is 5.92 Å². The molecule has 0 radical (unpaired) electrons. The first-order chi connectivity index (χ1) is 5.26. The van der Waals surface area contributed by atoms with Gasteiger partial charge in [0.1, 0.15) is 0 Å². The van der Waals surface area contributed by atoms with Crippen LogP contribution in [0.25, 0.3) is 0 Å².